The van der Waals surface area contributed by atoms with Gasteiger partial charge in [-0.05, 0) is 36.4 Å². The topological polar surface area (TPSA) is 35.5 Å². The standard InChI is InChI=1S/C15H12F2O3/c16-13-2-1-3-14(17)15(13)20-9-8-19-12-6-4-11(10-18)5-7-12/h1-7,10H,8-9H2. The first-order valence-corrected chi connectivity index (χ1v) is 5.95. The highest BCUT2D eigenvalue weighted by molar-refractivity contribution is 5.74. The van der Waals surface area contributed by atoms with Crippen LogP contribution < -0.4 is 9.47 Å². The summed E-state index contributed by atoms with van der Waals surface area (Å²) < 4.78 is 36.8. The molecule has 0 unspecified atom stereocenters. The van der Waals surface area contributed by atoms with Crippen molar-refractivity contribution in [2.75, 3.05) is 13.2 Å². The molecule has 0 spiro atoms. The first-order valence-electron chi connectivity index (χ1n) is 5.95. The van der Waals surface area contributed by atoms with Gasteiger partial charge in [0.25, 0.3) is 0 Å². The molecular formula is C15H12F2O3. The largest absolute Gasteiger partial charge is 0.490 e. The van der Waals surface area contributed by atoms with Crippen molar-refractivity contribution in [3.05, 3.63) is 59.7 Å². The summed E-state index contributed by atoms with van der Waals surface area (Å²) in [6.45, 7) is 0.140. The highest BCUT2D eigenvalue weighted by Gasteiger charge is 2.09. The van der Waals surface area contributed by atoms with Crippen molar-refractivity contribution < 1.29 is 23.0 Å². The Hall–Kier alpha value is -2.43. The van der Waals surface area contributed by atoms with Gasteiger partial charge in [0.2, 0.25) is 0 Å². The Morgan fingerprint density at radius 3 is 2.10 bits per heavy atom. The lowest BCUT2D eigenvalue weighted by atomic mass is 10.2. The fourth-order valence-electron chi connectivity index (χ4n) is 1.57. The van der Waals surface area contributed by atoms with Crippen LogP contribution in [0, 0.1) is 11.6 Å². The Morgan fingerprint density at radius 2 is 1.50 bits per heavy atom. The minimum Gasteiger partial charge on any atom is -0.490 e. The first-order chi connectivity index (χ1) is 9.70. The van der Waals surface area contributed by atoms with Crippen LogP contribution in [0.15, 0.2) is 42.5 Å². The van der Waals surface area contributed by atoms with E-state index >= 15 is 0 Å². The zero-order chi connectivity index (χ0) is 14.4. The summed E-state index contributed by atoms with van der Waals surface area (Å²) in [6.07, 6.45) is 0.730. The van der Waals surface area contributed by atoms with Gasteiger partial charge in [-0.2, -0.15) is 0 Å². The maximum absolute atomic E-state index is 13.2. The Balaban J connectivity index is 1.82. The Bertz CT molecular complexity index is 562. The summed E-state index contributed by atoms with van der Waals surface area (Å²) >= 11 is 0. The number of aldehydes is 1. The highest BCUT2D eigenvalue weighted by Crippen LogP contribution is 2.20. The van der Waals surface area contributed by atoms with Gasteiger partial charge < -0.3 is 9.47 Å². The van der Waals surface area contributed by atoms with E-state index in [1.807, 2.05) is 0 Å². The van der Waals surface area contributed by atoms with E-state index < -0.39 is 17.4 Å². The Morgan fingerprint density at radius 1 is 0.900 bits per heavy atom. The van der Waals surface area contributed by atoms with Crippen LogP contribution in [0.25, 0.3) is 0 Å². The normalized spacial score (nSPS) is 10.1. The van der Waals surface area contributed by atoms with Crippen molar-refractivity contribution in [2.24, 2.45) is 0 Å². The molecule has 0 bridgehead atoms. The van der Waals surface area contributed by atoms with Gasteiger partial charge in [0.1, 0.15) is 25.2 Å². The minimum absolute atomic E-state index is 0.00723. The van der Waals surface area contributed by atoms with E-state index in [2.05, 4.69) is 0 Å². The van der Waals surface area contributed by atoms with Crippen LogP contribution in [0.3, 0.4) is 0 Å². The number of halogens is 2. The van der Waals surface area contributed by atoms with Gasteiger partial charge in [0, 0.05) is 5.56 Å². The van der Waals surface area contributed by atoms with E-state index in [9.17, 15) is 13.6 Å². The molecule has 0 saturated heterocycles. The van der Waals surface area contributed by atoms with Crippen LogP contribution in [-0.2, 0) is 0 Å². The van der Waals surface area contributed by atoms with Gasteiger partial charge >= 0.3 is 0 Å². The predicted molar refractivity (Wildman–Crippen MR) is 69.2 cm³/mol. The number of benzene rings is 2. The highest BCUT2D eigenvalue weighted by atomic mass is 19.1. The fraction of sp³-hybridized carbons (Fsp3) is 0.133. The number of hydrogen-bond acceptors (Lipinski definition) is 3. The lowest BCUT2D eigenvalue weighted by Crippen LogP contribution is -2.10. The van der Waals surface area contributed by atoms with E-state index in [0.717, 1.165) is 18.4 Å². The third-order valence-corrected chi connectivity index (χ3v) is 2.53. The molecule has 0 N–H and O–H groups in total. The molecule has 0 heterocycles. The third kappa shape index (κ3) is 3.54. The third-order valence-electron chi connectivity index (χ3n) is 2.53. The molecule has 0 aliphatic heterocycles. The van der Waals surface area contributed by atoms with Crippen molar-refractivity contribution in [1.82, 2.24) is 0 Å². The van der Waals surface area contributed by atoms with Gasteiger partial charge in [-0.1, -0.05) is 6.07 Å². The van der Waals surface area contributed by atoms with Crippen molar-refractivity contribution >= 4 is 6.29 Å². The average molecular weight is 278 g/mol. The minimum atomic E-state index is -0.750. The van der Waals surface area contributed by atoms with Gasteiger partial charge in [-0.25, -0.2) is 8.78 Å². The molecule has 104 valence electrons. The molecule has 0 fully saturated rings. The molecule has 0 radical (unpaired) electrons. The van der Waals surface area contributed by atoms with E-state index in [1.165, 1.54) is 6.07 Å². The van der Waals surface area contributed by atoms with Gasteiger partial charge in [-0.15, -0.1) is 0 Å². The monoisotopic (exact) mass is 278 g/mol. The molecule has 0 aliphatic carbocycles. The zero-order valence-electron chi connectivity index (χ0n) is 10.5. The second kappa shape index (κ2) is 6.65. The summed E-state index contributed by atoms with van der Waals surface area (Å²) in [7, 11) is 0. The zero-order valence-corrected chi connectivity index (χ0v) is 10.5. The number of carbonyl (C=O) groups is 1. The van der Waals surface area contributed by atoms with E-state index in [1.54, 1.807) is 24.3 Å². The Kier molecular flexibility index (Phi) is 4.65. The molecule has 0 saturated carbocycles. The van der Waals surface area contributed by atoms with Crippen molar-refractivity contribution in [3.8, 4) is 11.5 Å². The predicted octanol–water partition coefficient (Wildman–Crippen LogP) is 3.24. The second-order valence-electron chi connectivity index (χ2n) is 3.93. The number of rotatable bonds is 6. The number of hydrogen-bond donors (Lipinski definition) is 0. The molecule has 2 aromatic carbocycles. The molecule has 0 aromatic heterocycles. The summed E-state index contributed by atoms with van der Waals surface area (Å²) in [5.74, 6) is -1.36. The van der Waals surface area contributed by atoms with Crippen molar-refractivity contribution in [3.63, 3.8) is 0 Å². The molecule has 3 nitrogen and oxygen atoms in total. The molecule has 0 atom stereocenters. The van der Waals surface area contributed by atoms with Gasteiger partial charge in [0.05, 0.1) is 0 Å². The van der Waals surface area contributed by atoms with Gasteiger partial charge in [-0.3, -0.25) is 4.79 Å². The maximum Gasteiger partial charge on any atom is 0.190 e. The SMILES string of the molecule is O=Cc1ccc(OCCOc2c(F)cccc2F)cc1. The van der Waals surface area contributed by atoms with E-state index in [0.29, 0.717) is 11.3 Å². The lowest BCUT2D eigenvalue weighted by Gasteiger charge is -2.09. The Labute approximate surface area is 114 Å². The number of para-hydroxylation sites is 1. The summed E-state index contributed by atoms with van der Waals surface area (Å²) in [4.78, 5) is 10.5. The molecule has 20 heavy (non-hydrogen) atoms. The molecule has 2 aromatic rings. The summed E-state index contributed by atoms with van der Waals surface area (Å²) in [5, 5.41) is 0. The quantitative estimate of drug-likeness (QED) is 0.601. The smallest absolute Gasteiger partial charge is 0.190 e. The molecule has 0 amide bonds. The number of ether oxygens (including phenoxy) is 2. The summed E-state index contributed by atoms with van der Waals surface area (Å²) in [5.41, 5.74) is 0.544. The van der Waals surface area contributed by atoms with Crippen molar-refractivity contribution in [1.29, 1.82) is 0 Å². The maximum atomic E-state index is 13.2. The van der Waals surface area contributed by atoms with Crippen LogP contribution >= 0.6 is 0 Å². The van der Waals surface area contributed by atoms with Crippen LogP contribution in [0.5, 0.6) is 11.5 Å². The fourth-order valence-corrected chi connectivity index (χ4v) is 1.57. The molecule has 5 heteroatoms. The van der Waals surface area contributed by atoms with Gasteiger partial charge in [0.15, 0.2) is 17.4 Å². The molecular weight excluding hydrogens is 266 g/mol. The number of carbonyl (C=O) groups excluding carboxylic acids is 1. The lowest BCUT2D eigenvalue weighted by molar-refractivity contribution is 0.112. The van der Waals surface area contributed by atoms with Crippen molar-refractivity contribution in [2.45, 2.75) is 0 Å². The molecule has 0 aliphatic rings. The van der Waals surface area contributed by atoms with Crippen LogP contribution in [0.2, 0.25) is 0 Å². The summed E-state index contributed by atoms with van der Waals surface area (Å²) in [6, 6.07) is 10.00. The first kappa shape index (κ1) is 14.0. The van der Waals surface area contributed by atoms with Crippen LogP contribution in [-0.4, -0.2) is 19.5 Å². The van der Waals surface area contributed by atoms with Crippen LogP contribution in [0.4, 0.5) is 8.78 Å². The van der Waals surface area contributed by atoms with E-state index in [4.69, 9.17) is 9.47 Å². The van der Waals surface area contributed by atoms with E-state index in [-0.39, 0.29) is 13.2 Å². The molecule has 2 rings (SSSR count). The van der Waals surface area contributed by atoms with Crippen LogP contribution in [0.1, 0.15) is 10.4 Å². The average Bonchev–Trinajstić information content (AvgIpc) is 2.46. The second-order valence-corrected chi connectivity index (χ2v) is 3.93.